The molecule has 0 rings (SSSR count). The van der Waals surface area contributed by atoms with Crippen LogP contribution >= 0.6 is 12.4 Å². The summed E-state index contributed by atoms with van der Waals surface area (Å²) in [6, 6.07) is 1.48. The first-order valence-electron chi connectivity index (χ1n) is 9.34. The summed E-state index contributed by atoms with van der Waals surface area (Å²) in [7, 11) is -0.811. The molecule has 0 aliphatic heterocycles. The fourth-order valence-electron chi connectivity index (χ4n) is 2.75. The average molecular weight is 368 g/mol. The standard InChI is InChI=1S/C18H41NO2Si.ClH/c1-22(2,3)15-13-11-9-7-5-4-6-8-10-12-14-18(19,16-20)17-21;/h20-21H,4-17,19H2,1-3H3;1H. The van der Waals surface area contributed by atoms with Gasteiger partial charge in [0.05, 0.1) is 18.8 Å². The molecule has 0 amide bonds. The summed E-state index contributed by atoms with van der Waals surface area (Å²) in [6.07, 6.45) is 13.8. The van der Waals surface area contributed by atoms with Crippen LogP contribution < -0.4 is 5.73 Å². The number of unbranched alkanes of at least 4 members (excludes halogenated alkanes) is 9. The van der Waals surface area contributed by atoms with Crippen LogP contribution in [0.4, 0.5) is 0 Å². The molecule has 0 aliphatic carbocycles. The number of aliphatic hydroxyl groups excluding tert-OH is 2. The van der Waals surface area contributed by atoms with E-state index in [0.717, 1.165) is 19.3 Å². The molecule has 0 aromatic rings. The van der Waals surface area contributed by atoms with Crippen molar-refractivity contribution in [3.05, 3.63) is 0 Å². The smallest absolute Gasteiger partial charge is 0.0633 e. The summed E-state index contributed by atoms with van der Waals surface area (Å²) < 4.78 is 0. The molecule has 0 spiro atoms. The molecule has 0 atom stereocenters. The summed E-state index contributed by atoms with van der Waals surface area (Å²) >= 11 is 0. The third-order valence-electron chi connectivity index (χ3n) is 4.48. The Balaban J connectivity index is 0. The molecule has 0 aliphatic rings. The van der Waals surface area contributed by atoms with E-state index in [1.165, 1.54) is 57.4 Å². The lowest BCUT2D eigenvalue weighted by molar-refractivity contribution is 0.112. The summed E-state index contributed by atoms with van der Waals surface area (Å²) in [5.41, 5.74) is 5.08. The third kappa shape index (κ3) is 17.0. The van der Waals surface area contributed by atoms with E-state index in [1.54, 1.807) is 0 Å². The Morgan fingerprint density at radius 3 is 1.39 bits per heavy atom. The zero-order valence-corrected chi connectivity index (χ0v) is 17.6. The summed E-state index contributed by atoms with van der Waals surface area (Å²) in [5, 5.41) is 18.2. The minimum absolute atomic E-state index is 0. The topological polar surface area (TPSA) is 66.5 Å². The molecule has 4 N–H and O–H groups in total. The number of hydrogen-bond donors (Lipinski definition) is 3. The van der Waals surface area contributed by atoms with E-state index >= 15 is 0 Å². The minimum atomic E-state index is -0.811. The van der Waals surface area contributed by atoms with Crippen LogP contribution in [0.1, 0.15) is 70.6 Å². The second-order valence-electron chi connectivity index (χ2n) is 8.27. The predicted octanol–water partition coefficient (Wildman–Crippen LogP) is 4.72. The SMILES string of the molecule is C[Si](C)(C)CCCCCCCCCCCCC(N)(CO)CO.Cl. The molecule has 0 fully saturated rings. The molecule has 0 aromatic heterocycles. The Hall–Kier alpha value is 0.387. The lowest BCUT2D eigenvalue weighted by atomic mass is 9.94. The highest BCUT2D eigenvalue weighted by Crippen LogP contribution is 2.17. The van der Waals surface area contributed by atoms with E-state index < -0.39 is 13.6 Å². The molecule has 23 heavy (non-hydrogen) atoms. The monoisotopic (exact) mass is 367 g/mol. The largest absolute Gasteiger partial charge is 0.394 e. The molecule has 0 radical (unpaired) electrons. The lowest BCUT2D eigenvalue weighted by Crippen LogP contribution is -2.47. The summed E-state index contributed by atoms with van der Waals surface area (Å²) in [4.78, 5) is 0. The van der Waals surface area contributed by atoms with Crippen LogP contribution in [0.5, 0.6) is 0 Å². The zero-order chi connectivity index (χ0) is 16.9. The van der Waals surface area contributed by atoms with Crippen molar-refractivity contribution in [2.24, 2.45) is 5.73 Å². The van der Waals surface area contributed by atoms with Gasteiger partial charge in [0.25, 0.3) is 0 Å². The first-order valence-corrected chi connectivity index (χ1v) is 13.0. The molecule has 0 saturated heterocycles. The summed E-state index contributed by atoms with van der Waals surface area (Å²) in [6.45, 7) is 7.14. The third-order valence-corrected chi connectivity index (χ3v) is 6.33. The quantitative estimate of drug-likeness (QED) is 0.290. The molecular weight excluding hydrogens is 326 g/mol. The number of aliphatic hydroxyl groups is 2. The Kier molecular flexibility index (Phi) is 16.4. The maximum Gasteiger partial charge on any atom is 0.0633 e. The predicted molar refractivity (Wildman–Crippen MR) is 107 cm³/mol. The number of hydrogen-bond acceptors (Lipinski definition) is 3. The first kappa shape index (κ1) is 25.6. The van der Waals surface area contributed by atoms with Crippen LogP contribution in [-0.2, 0) is 0 Å². The van der Waals surface area contributed by atoms with Crippen molar-refractivity contribution < 1.29 is 10.2 Å². The van der Waals surface area contributed by atoms with Gasteiger partial charge in [0.2, 0.25) is 0 Å². The van der Waals surface area contributed by atoms with Gasteiger partial charge in [0.1, 0.15) is 0 Å². The fraction of sp³-hybridized carbons (Fsp3) is 1.00. The van der Waals surface area contributed by atoms with Gasteiger partial charge in [-0.2, -0.15) is 0 Å². The van der Waals surface area contributed by atoms with E-state index in [-0.39, 0.29) is 25.6 Å². The Bertz CT molecular complexity index is 256. The van der Waals surface area contributed by atoms with Crippen molar-refractivity contribution in [2.75, 3.05) is 13.2 Å². The van der Waals surface area contributed by atoms with Gasteiger partial charge in [-0.15, -0.1) is 12.4 Å². The molecule has 3 nitrogen and oxygen atoms in total. The van der Waals surface area contributed by atoms with E-state index in [1.807, 2.05) is 0 Å². The Labute approximate surface area is 151 Å². The molecular formula is C18H42ClNO2Si. The average Bonchev–Trinajstić information content (AvgIpc) is 2.47. The van der Waals surface area contributed by atoms with Crippen LogP contribution in [0.2, 0.25) is 25.7 Å². The van der Waals surface area contributed by atoms with E-state index in [9.17, 15) is 0 Å². The van der Waals surface area contributed by atoms with Crippen molar-refractivity contribution in [2.45, 2.75) is 102 Å². The van der Waals surface area contributed by atoms with Crippen LogP contribution in [0, 0.1) is 0 Å². The number of halogens is 1. The van der Waals surface area contributed by atoms with E-state index in [4.69, 9.17) is 15.9 Å². The molecule has 0 aromatic carbocycles. The highest BCUT2D eigenvalue weighted by molar-refractivity contribution is 6.76. The van der Waals surface area contributed by atoms with Crippen LogP contribution in [0.3, 0.4) is 0 Å². The summed E-state index contributed by atoms with van der Waals surface area (Å²) in [5.74, 6) is 0. The molecule has 0 heterocycles. The van der Waals surface area contributed by atoms with E-state index in [2.05, 4.69) is 19.6 Å². The van der Waals surface area contributed by atoms with Gasteiger partial charge in [0.15, 0.2) is 0 Å². The highest BCUT2D eigenvalue weighted by Gasteiger charge is 2.21. The molecule has 0 bridgehead atoms. The number of nitrogens with two attached hydrogens (primary N) is 1. The van der Waals surface area contributed by atoms with Crippen molar-refractivity contribution in [3.8, 4) is 0 Å². The van der Waals surface area contributed by atoms with Crippen molar-refractivity contribution in [1.29, 1.82) is 0 Å². The second-order valence-corrected chi connectivity index (χ2v) is 13.9. The van der Waals surface area contributed by atoms with E-state index in [0.29, 0.717) is 0 Å². The van der Waals surface area contributed by atoms with Crippen molar-refractivity contribution >= 4 is 20.5 Å². The lowest BCUT2D eigenvalue weighted by Gasteiger charge is -2.24. The Morgan fingerprint density at radius 2 is 1.04 bits per heavy atom. The van der Waals surface area contributed by atoms with Gasteiger partial charge in [-0.05, 0) is 6.42 Å². The van der Waals surface area contributed by atoms with Gasteiger partial charge in [-0.1, -0.05) is 89.9 Å². The maximum absolute atomic E-state index is 9.11. The van der Waals surface area contributed by atoms with Crippen molar-refractivity contribution in [3.63, 3.8) is 0 Å². The van der Waals surface area contributed by atoms with Gasteiger partial charge >= 0.3 is 0 Å². The molecule has 142 valence electrons. The van der Waals surface area contributed by atoms with Crippen molar-refractivity contribution in [1.82, 2.24) is 0 Å². The van der Waals surface area contributed by atoms with Gasteiger partial charge in [-0.3, -0.25) is 0 Å². The fourth-order valence-corrected chi connectivity index (χ4v) is 4.07. The normalized spacial score (nSPS) is 12.3. The molecule has 0 saturated carbocycles. The van der Waals surface area contributed by atoms with Crippen LogP contribution in [0.15, 0.2) is 0 Å². The highest BCUT2D eigenvalue weighted by atomic mass is 35.5. The first-order chi connectivity index (χ1) is 10.3. The van der Waals surface area contributed by atoms with Gasteiger partial charge < -0.3 is 15.9 Å². The molecule has 5 heteroatoms. The van der Waals surface area contributed by atoms with Gasteiger partial charge in [-0.25, -0.2) is 0 Å². The second kappa shape index (κ2) is 14.7. The maximum atomic E-state index is 9.11. The Morgan fingerprint density at radius 1 is 0.696 bits per heavy atom. The number of rotatable bonds is 15. The van der Waals surface area contributed by atoms with Crippen LogP contribution in [-0.4, -0.2) is 37.0 Å². The van der Waals surface area contributed by atoms with Crippen LogP contribution in [0.25, 0.3) is 0 Å². The zero-order valence-electron chi connectivity index (χ0n) is 15.8. The minimum Gasteiger partial charge on any atom is -0.394 e. The molecule has 0 unspecified atom stereocenters. The van der Waals surface area contributed by atoms with Gasteiger partial charge in [0, 0.05) is 8.07 Å².